The van der Waals surface area contributed by atoms with E-state index < -0.39 is 0 Å². The zero-order valence-corrected chi connectivity index (χ0v) is 13.5. The number of halogens is 1. The van der Waals surface area contributed by atoms with Gasteiger partial charge in [-0.2, -0.15) is 0 Å². The number of benzene rings is 1. The Hall–Kier alpha value is -2.07. The lowest BCUT2D eigenvalue weighted by Crippen LogP contribution is -2.39. The second-order valence-electron chi connectivity index (χ2n) is 6.22. The normalized spacial score (nSPS) is 23.2. The standard InChI is InChI=1S/C18H18ClN3O/c19-15-5-3-4-13(10-15)18(23)22-9-7-14-11-21(12-16(14)22)17-6-1-2-8-20-17/h1-6,8,10,14,16H,7,9,11-12H2. The van der Waals surface area contributed by atoms with Crippen LogP contribution in [0.3, 0.4) is 0 Å². The van der Waals surface area contributed by atoms with Gasteiger partial charge in [-0.1, -0.05) is 23.7 Å². The molecule has 1 aromatic carbocycles. The number of hydrogen-bond donors (Lipinski definition) is 0. The third-order valence-electron chi connectivity index (χ3n) is 4.85. The fourth-order valence-corrected chi connectivity index (χ4v) is 3.92. The summed E-state index contributed by atoms with van der Waals surface area (Å²) in [5.41, 5.74) is 0.675. The van der Waals surface area contributed by atoms with Crippen LogP contribution in [-0.4, -0.2) is 41.5 Å². The van der Waals surface area contributed by atoms with Crippen LogP contribution in [0, 0.1) is 5.92 Å². The molecule has 0 bridgehead atoms. The van der Waals surface area contributed by atoms with E-state index in [1.807, 2.05) is 41.4 Å². The highest BCUT2D eigenvalue weighted by atomic mass is 35.5. The minimum absolute atomic E-state index is 0.0860. The van der Waals surface area contributed by atoms with Crippen LogP contribution < -0.4 is 4.90 Å². The minimum atomic E-state index is 0.0860. The first-order valence-electron chi connectivity index (χ1n) is 7.95. The van der Waals surface area contributed by atoms with E-state index in [9.17, 15) is 4.79 Å². The summed E-state index contributed by atoms with van der Waals surface area (Å²) < 4.78 is 0. The molecule has 3 heterocycles. The number of aromatic nitrogens is 1. The maximum atomic E-state index is 12.8. The van der Waals surface area contributed by atoms with Gasteiger partial charge in [-0.3, -0.25) is 4.79 Å². The van der Waals surface area contributed by atoms with Gasteiger partial charge in [0, 0.05) is 42.3 Å². The van der Waals surface area contributed by atoms with E-state index >= 15 is 0 Å². The number of pyridine rings is 1. The van der Waals surface area contributed by atoms with Crippen LogP contribution in [0.2, 0.25) is 5.02 Å². The van der Waals surface area contributed by atoms with Gasteiger partial charge in [-0.15, -0.1) is 0 Å². The van der Waals surface area contributed by atoms with Gasteiger partial charge in [-0.25, -0.2) is 4.98 Å². The molecule has 5 heteroatoms. The summed E-state index contributed by atoms with van der Waals surface area (Å²) in [6, 6.07) is 13.4. The fourth-order valence-electron chi connectivity index (χ4n) is 3.73. The first-order chi connectivity index (χ1) is 11.2. The topological polar surface area (TPSA) is 36.4 Å². The van der Waals surface area contributed by atoms with Crippen LogP contribution in [0.5, 0.6) is 0 Å². The van der Waals surface area contributed by atoms with Crippen molar-refractivity contribution in [2.45, 2.75) is 12.5 Å². The Balaban J connectivity index is 1.53. The molecule has 2 unspecified atom stereocenters. The third-order valence-corrected chi connectivity index (χ3v) is 5.09. The van der Waals surface area contributed by atoms with Crippen molar-refractivity contribution in [3.05, 3.63) is 59.2 Å². The van der Waals surface area contributed by atoms with Crippen molar-refractivity contribution in [1.29, 1.82) is 0 Å². The van der Waals surface area contributed by atoms with Crippen LogP contribution in [0.25, 0.3) is 0 Å². The maximum Gasteiger partial charge on any atom is 0.254 e. The van der Waals surface area contributed by atoms with E-state index in [4.69, 9.17) is 11.6 Å². The van der Waals surface area contributed by atoms with Gasteiger partial charge in [0.1, 0.15) is 5.82 Å². The second kappa shape index (κ2) is 5.85. The molecule has 1 aromatic heterocycles. The van der Waals surface area contributed by atoms with Crippen LogP contribution in [0.15, 0.2) is 48.7 Å². The highest BCUT2D eigenvalue weighted by Crippen LogP contribution is 2.34. The van der Waals surface area contributed by atoms with Gasteiger partial charge in [0.05, 0.1) is 6.04 Å². The van der Waals surface area contributed by atoms with Crippen LogP contribution in [0.1, 0.15) is 16.8 Å². The highest BCUT2D eigenvalue weighted by Gasteiger charge is 2.43. The summed E-state index contributed by atoms with van der Waals surface area (Å²) in [7, 11) is 0. The molecule has 2 fully saturated rings. The fraction of sp³-hybridized carbons (Fsp3) is 0.333. The van der Waals surface area contributed by atoms with Crippen molar-refractivity contribution in [3.63, 3.8) is 0 Å². The van der Waals surface area contributed by atoms with Gasteiger partial charge in [0.25, 0.3) is 5.91 Å². The van der Waals surface area contributed by atoms with Crippen LogP contribution in [-0.2, 0) is 0 Å². The summed E-state index contributed by atoms with van der Waals surface area (Å²) in [6.07, 6.45) is 2.87. The number of likely N-dealkylation sites (tertiary alicyclic amines) is 1. The van der Waals surface area contributed by atoms with E-state index in [0.717, 1.165) is 31.9 Å². The number of nitrogens with zero attached hydrogens (tertiary/aromatic N) is 3. The molecule has 4 rings (SSSR count). The lowest BCUT2D eigenvalue weighted by molar-refractivity contribution is 0.0738. The van der Waals surface area contributed by atoms with E-state index in [-0.39, 0.29) is 11.9 Å². The molecule has 0 spiro atoms. The van der Waals surface area contributed by atoms with E-state index in [0.29, 0.717) is 16.5 Å². The van der Waals surface area contributed by atoms with Crippen molar-refractivity contribution in [3.8, 4) is 0 Å². The largest absolute Gasteiger partial charge is 0.354 e. The van der Waals surface area contributed by atoms with Crippen molar-refractivity contribution in [2.75, 3.05) is 24.5 Å². The monoisotopic (exact) mass is 327 g/mol. The van der Waals surface area contributed by atoms with Gasteiger partial charge >= 0.3 is 0 Å². The number of fused-ring (bicyclic) bond motifs is 1. The zero-order valence-electron chi connectivity index (χ0n) is 12.7. The molecule has 2 aliphatic heterocycles. The quantitative estimate of drug-likeness (QED) is 0.850. The average Bonchev–Trinajstić information content (AvgIpc) is 3.15. The Morgan fingerprint density at radius 1 is 1.17 bits per heavy atom. The van der Waals surface area contributed by atoms with Crippen molar-refractivity contribution in [1.82, 2.24) is 9.88 Å². The summed E-state index contributed by atoms with van der Waals surface area (Å²) >= 11 is 6.02. The molecular weight excluding hydrogens is 310 g/mol. The highest BCUT2D eigenvalue weighted by molar-refractivity contribution is 6.30. The maximum absolute atomic E-state index is 12.8. The number of anilines is 1. The molecule has 4 nitrogen and oxygen atoms in total. The molecule has 0 saturated carbocycles. The SMILES string of the molecule is O=C(c1cccc(Cl)c1)N1CCC2CN(c3ccccn3)CC21. The smallest absolute Gasteiger partial charge is 0.254 e. The Kier molecular flexibility index (Phi) is 3.69. The molecule has 2 aliphatic rings. The molecule has 2 saturated heterocycles. The first-order valence-corrected chi connectivity index (χ1v) is 8.33. The Morgan fingerprint density at radius 3 is 2.87 bits per heavy atom. The summed E-state index contributed by atoms with van der Waals surface area (Å²) in [4.78, 5) is 21.5. The number of carbonyl (C=O) groups is 1. The summed E-state index contributed by atoms with van der Waals surface area (Å²) in [5.74, 6) is 1.61. The van der Waals surface area contributed by atoms with Crippen LogP contribution >= 0.6 is 11.6 Å². The molecule has 2 atom stereocenters. The van der Waals surface area contributed by atoms with Crippen molar-refractivity contribution >= 4 is 23.3 Å². The number of amides is 1. The first kappa shape index (κ1) is 14.5. The molecule has 2 aromatic rings. The third kappa shape index (κ3) is 2.68. The van der Waals surface area contributed by atoms with Crippen molar-refractivity contribution < 1.29 is 4.79 Å². The van der Waals surface area contributed by atoms with Crippen LogP contribution in [0.4, 0.5) is 5.82 Å². The van der Waals surface area contributed by atoms with Gasteiger partial charge in [0.2, 0.25) is 0 Å². The lowest BCUT2D eigenvalue weighted by atomic mass is 10.0. The van der Waals surface area contributed by atoms with E-state index in [1.54, 1.807) is 12.1 Å². The zero-order chi connectivity index (χ0) is 15.8. The van der Waals surface area contributed by atoms with Gasteiger partial charge in [-0.05, 0) is 36.8 Å². The molecule has 1 amide bonds. The Labute approximate surface area is 140 Å². The molecule has 0 N–H and O–H groups in total. The number of hydrogen-bond acceptors (Lipinski definition) is 3. The Morgan fingerprint density at radius 2 is 2.09 bits per heavy atom. The Bertz CT molecular complexity index is 721. The van der Waals surface area contributed by atoms with Crippen molar-refractivity contribution in [2.24, 2.45) is 5.92 Å². The molecule has 0 aliphatic carbocycles. The van der Waals surface area contributed by atoms with Gasteiger partial charge < -0.3 is 9.80 Å². The molecular formula is C18H18ClN3O. The average molecular weight is 328 g/mol. The molecule has 118 valence electrons. The second-order valence-corrected chi connectivity index (χ2v) is 6.65. The van der Waals surface area contributed by atoms with E-state index in [2.05, 4.69) is 9.88 Å². The predicted octanol–water partition coefficient (Wildman–Crippen LogP) is 3.09. The lowest BCUT2D eigenvalue weighted by Gasteiger charge is -2.25. The molecule has 0 radical (unpaired) electrons. The van der Waals surface area contributed by atoms with E-state index in [1.165, 1.54) is 0 Å². The summed E-state index contributed by atoms with van der Waals surface area (Å²) in [5, 5.41) is 0.605. The number of carbonyl (C=O) groups excluding carboxylic acids is 1. The predicted molar refractivity (Wildman–Crippen MR) is 90.8 cm³/mol. The van der Waals surface area contributed by atoms with Gasteiger partial charge in [0.15, 0.2) is 0 Å². The number of rotatable bonds is 2. The minimum Gasteiger partial charge on any atom is -0.354 e. The molecule has 23 heavy (non-hydrogen) atoms. The summed E-state index contributed by atoms with van der Waals surface area (Å²) in [6.45, 7) is 2.66.